The van der Waals surface area contributed by atoms with E-state index < -0.39 is 0 Å². The van der Waals surface area contributed by atoms with E-state index >= 15 is 0 Å². The Morgan fingerprint density at radius 2 is 1.80 bits per heavy atom. The Kier molecular flexibility index (Phi) is 2.74. The van der Waals surface area contributed by atoms with Crippen molar-refractivity contribution < 1.29 is 0 Å². The molecule has 2 heterocycles. The van der Waals surface area contributed by atoms with E-state index in [0.29, 0.717) is 0 Å². The fraction of sp³-hybridized carbons (Fsp3) is 0.167. The average molecular weight is 199 g/mol. The smallest absolute Gasteiger partial charge is 0.0568 e. The predicted molar refractivity (Wildman–Crippen MR) is 59.2 cm³/mol. The monoisotopic (exact) mass is 199 g/mol. The highest BCUT2D eigenvalue weighted by Crippen LogP contribution is 2.18. The number of nitrogens with zero attached hydrogens (tertiary/aromatic N) is 2. The van der Waals surface area contributed by atoms with Gasteiger partial charge < -0.3 is 5.73 Å². The summed E-state index contributed by atoms with van der Waals surface area (Å²) in [6.07, 6.45) is 7.12. The number of hydrogen-bond donors (Lipinski definition) is 1. The molecule has 0 aromatic carbocycles. The molecule has 76 valence electrons. The van der Waals surface area contributed by atoms with Gasteiger partial charge in [0.05, 0.1) is 6.04 Å². The second kappa shape index (κ2) is 4.19. The molecule has 1 atom stereocenters. The van der Waals surface area contributed by atoms with Gasteiger partial charge in [0.2, 0.25) is 0 Å². The lowest BCUT2D eigenvalue weighted by atomic mass is 10.0. The van der Waals surface area contributed by atoms with E-state index in [1.807, 2.05) is 25.3 Å². The van der Waals surface area contributed by atoms with Crippen LogP contribution in [-0.4, -0.2) is 9.97 Å². The first-order chi connectivity index (χ1) is 7.27. The molecule has 0 saturated heterocycles. The molecule has 1 unspecified atom stereocenters. The second-order valence-corrected chi connectivity index (χ2v) is 3.55. The van der Waals surface area contributed by atoms with Crippen LogP contribution in [0.4, 0.5) is 0 Å². The maximum Gasteiger partial charge on any atom is 0.0568 e. The lowest BCUT2D eigenvalue weighted by Gasteiger charge is -2.11. The Hall–Kier alpha value is -1.74. The Morgan fingerprint density at radius 1 is 1.07 bits per heavy atom. The third kappa shape index (κ3) is 2.19. The molecule has 0 bridgehead atoms. The summed E-state index contributed by atoms with van der Waals surface area (Å²) >= 11 is 0. The fourth-order valence-corrected chi connectivity index (χ4v) is 1.51. The van der Waals surface area contributed by atoms with Crippen LogP contribution in [0.15, 0.2) is 43.0 Å². The summed E-state index contributed by atoms with van der Waals surface area (Å²) in [4.78, 5) is 8.10. The van der Waals surface area contributed by atoms with Crippen molar-refractivity contribution in [2.24, 2.45) is 5.73 Å². The van der Waals surface area contributed by atoms with Crippen LogP contribution < -0.4 is 5.73 Å². The van der Waals surface area contributed by atoms with E-state index in [1.165, 1.54) is 0 Å². The van der Waals surface area contributed by atoms with Gasteiger partial charge in [0.15, 0.2) is 0 Å². The molecule has 0 fully saturated rings. The predicted octanol–water partition coefficient (Wildman–Crippen LogP) is 1.83. The van der Waals surface area contributed by atoms with Gasteiger partial charge in [-0.3, -0.25) is 9.97 Å². The van der Waals surface area contributed by atoms with Crippen molar-refractivity contribution in [3.63, 3.8) is 0 Å². The first-order valence-corrected chi connectivity index (χ1v) is 4.84. The second-order valence-electron chi connectivity index (χ2n) is 3.55. The van der Waals surface area contributed by atoms with Crippen LogP contribution >= 0.6 is 0 Å². The van der Waals surface area contributed by atoms with Crippen LogP contribution in [-0.2, 0) is 0 Å². The minimum Gasteiger partial charge on any atom is -0.320 e. The van der Waals surface area contributed by atoms with E-state index in [4.69, 9.17) is 5.73 Å². The van der Waals surface area contributed by atoms with Gasteiger partial charge in [-0.15, -0.1) is 0 Å². The van der Waals surface area contributed by atoms with Crippen LogP contribution in [0.2, 0.25) is 0 Å². The molecule has 2 rings (SSSR count). The van der Waals surface area contributed by atoms with Crippen LogP contribution in [0, 0.1) is 6.92 Å². The van der Waals surface area contributed by atoms with Crippen LogP contribution in [0.25, 0.3) is 0 Å². The van der Waals surface area contributed by atoms with E-state index in [1.54, 1.807) is 18.6 Å². The Balaban J connectivity index is 2.32. The fourth-order valence-electron chi connectivity index (χ4n) is 1.51. The lowest BCUT2D eigenvalue weighted by molar-refractivity contribution is 0.857. The normalized spacial score (nSPS) is 12.4. The van der Waals surface area contributed by atoms with Crippen molar-refractivity contribution in [2.45, 2.75) is 13.0 Å². The maximum atomic E-state index is 6.12. The van der Waals surface area contributed by atoms with E-state index in [0.717, 1.165) is 16.7 Å². The van der Waals surface area contributed by atoms with Crippen molar-refractivity contribution in [1.29, 1.82) is 0 Å². The highest BCUT2D eigenvalue weighted by molar-refractivity contribution is 5.29. The van der Waals surface area contributed by atoms with Crippen LogP contribution in [0.1, 0.15) is 22.7 Å². The highest BCUT2D eigenvalue weighted by atomic mass is 14.7. The molecule has 0 amide bonds. The van der Waals surface area contributed by atoms with E-state index in [-0.39, 0.29) is 6.04 Å². The third-order valence-electron chi connectivity index (χ3n) is 2.32. The van der Waals surface area contributed by atoms with Crippen LogP contribution in [0.5, 0.6) is 0 Å². The van der Waals surface area contributed by atoms with Gasteiger partial charge in [-0.1, -0.05) is 6.07 Å². The summed E-state index contributed by atoms with van der Waals surface area (Å²) in [5.41, 5.74) is 9.32. The molecule has 0 saturated carbocycles. The largest absolute Gasteiger partial charge is 0.320 e. The first-order valence-electron chi connectivity index (χ1n) is 4.84. The van der Waals surface area contributed by atoms with Gasteiger partial charge in [0.25, 0.3) is 0 Å². The Labute approximate surface area is 89.0 Å². The molecular formula is C12H13N3. The minimum absolute atomic E-state index is 0.125. The summed E-state index contributed by atoms with van der Waals surface area (Å²) in [7, 11) is 0. The summed E-state index contributed by atoms with van der Waals surface area (Å²) in [6, 6.07) is 5.78. The first kappa shape index (κ1) is 9.80. The summed E-state index contributed by atoms with van der Waals surface area (Å²) in [5, 5.41) is 0. The van der Waals surface area contributed by atoms with Crippen molar-refractivity contribution in [2.75, 3.05) is 0 Å². The van der Waals surface area contributed by atoms with Crippen molar-refractivity contribution in [3.8, 4) is 0 Å². The molecule has 3 nitrogen and oxygen atoms in total. The molecule has 2 N–H and O–H groups in total. The summed E-state index contributed by atoms with van der Waals surface area (Å²) in [5.74, 6) is 0. The van der Waals surface area contributed by atoms with E-state index in [9.17, 15) is 0 Å². The maximum absolute atomic E-state index is 6.12. The number of nitrogens with two attached hydrogens (primary N) is 1. The molecular weight excluding hydrogens is 186 g/mol. The summed E-state index contributed by atoms with van der Waals surface area (Å²) in [6.45, 7) is 2.01. The number of aromatic nitrogens is 2. The van der Waals surface area contributed by atoms with Crippen molar-refractivity contribution >= 4 is 0 Å². The molecule has 0 aliphatic heterocycles. The Morgan fingerprint density at radius 3 is 2.47 bits per heavy atom. The topological polar surface area (TPSA) is 51.8 Å². The van der Waals surface area contributed by atoms with Crippen molar-refractivity contribution in [3.05, 3.63) is 59.7 Å². The number of aryl methyl sites for hydroxylation is 1. The molecule has 0 aliphatic carbocycles. The average Bonchev–Trinajstić information content (AvgIpc) is 2.29. The molecule has 2 aromatic heterocycles. The lowest BCUT2D eigenvalue weighted by Crippen LogP contribution is -2.12. The zero-order valence-corrected chi connectivity index (χ0v) is 8.59. The van der Waals surface area contributed by atoms with E-state index in [2.05, 4.69) is 16.0 Å². The Bertz CT molecular complexity index is 440. The molecule has 2 aromatic rings. The third-order valence-corrected chi connectivity index (χ3v) is 2.32. The zero-order valence-electron chi connectivity index (χ0n) is 8.59. The molecule has 0 spiro atoms. The minimum atomic E-state index is -0.125. The van der Waals surface area contributed by atoms with Gasteiger partial charge >= 0.3 is 0 Å². The summed E-state index contributed by atoms with van der Waals surface area (Å²) < 4.78 is 0. The van der Waals surface area contributed by atoms with Crippen molar-refractivity contribution in [1.82, 2.24) is 9.97 Å². The molecule has 0 radical (unpaired) electrons. The molecule has 0 aliphatic rings. The van der Waals surface area contributed by atoms with Gasteiger partial charge in [0, 0.05) is 24.8 Å². The van der Waals surface area contributed by atoms with Gasteiger partial charge in [-0.05, 0) is 35.7 Å². The number of rotatable bonds is 2. The van der Waals surface area contributed by atoms with Gasteiger partial charge in [0.1, 0.15) is 0 Å². The molecule has 3 heteroatoms. The molecule has 15 heavy (non-hydrogen) atoms. The zero-order chi connectivity index (χ0) is 10.7. The highest BCUT2D eigenvalue weighted by Gasteiger charge is 2.08. The number of pyridine rings is 2. The number of hydrogen-bond acceptors (Lipinski definition) is 3. The van der Waals surface area contributed by atoms with Gasteiger partial charge in [-0.25, -0.2) is 0 Å². The van der Waals surface area contributed by atoms with Gasteiger partial charge in [-0.2, -0.15) is 0 Å². The standard InChI is InChI=1S/C12H13N3/c1-9-6-11(8-15-7-9)12(13)10-2-4-14-5-3-10/h2-8,12H,13H2,1H3. The quantitative estimate of drug-likeness (QED) is 0.802. The van der Waals surface area contributed by atoms with Crippen LogP contribution in [0.3, 0.4) is 0 Å². The SMILES string of the molecule is Cc1cncc(C(N)c2ccncc2)c1.